The molecular weight excluding hydrogens is 448 g/mol. The first-order chi connectivity index (χ1) is 16.4. The molecule has 0 aromatic heterocycles. The topological polar surface area (TPSA) is 82.1 Å². The van der Waals surface area contributed by atoms with Crippen molar-refractivity contribution in [2.75, 3.05) is 25.5 Å². The van der Waals surface area contributed by atoms with Crippen LogP contribution in [0.5, 0.6) is 0 Å². The lowest BCUT2D eigenvalue weighted by Crippen LogP contribution is -2.33. The van der Waals surface area contributed by atoms with E-state index in [9.17, 15) is 14.4 Å². The summed E-state index contributed by atoms with van der Waals surface area (Å²) < 4.78 is 0. The molecule has 2 aliphatic rings. The van der Waals surface area contributed by atoms with Gasteiger partial charge < -0.3 is 15.1 Å². The molecule has 8 heteroatoms. The molecule has 1 saturated heterocycles. The zero-order valence-electron chi connectivity index (χ0n) is 19.6. The van der Waals surface area contributed by atoms with Gasteiger partial charge >= 0.3 is 0 Å². The van der Waals surface area contributed by atoms with Crippen LogP contribution in [0.1, 0.15) is 47.2 Å². The third kappa shape index (κ3) is 6.05. The van der Waals surface area contributed by atoms with Gasteiger partial charge in [-0.05, 0) is 56.0 Å². The van der Waals surface area contributed by atoms with Gasteiger partial charge in [-0.25, -0.2) is 0 Å². The van der Waals surface area contributed by atoms with Crippen LogP contribution in [0.2, 0.25) is 0 Å². The second-order valence-corrected chi connectivity index (χ2v) is 10.0. The van der Waals surface area contributed by atoms with Gasteiger partial charge in [-0.15, -0.1) is 0 Å². The van der Waals surface area contributed by atoms with Crippen molar-refractivity contribution in [3.63, 3.8) is 0 Å². The van der Waals surface area contributed by atoms with Crippen LogP contribution < -0.4 is 5.32 Å². The molecule has 2 aromatic rings. The van der Waals surface area contributed by atoms with Crippen LogP contribution in [0.4, 0.5) is 5.69 Å². The minimum absolute atomic E-state index is 0.0737. The number of amides is 3. The summed E-state index contributed by atoms with van der Waals surface area (Å²) in [7, 11) is 1.77. The summed E-state index contributed by atoms with van der Waals surface area (Å²) in [6, 6.07) is 14.9. The zero-order chi connectivity index (χ0) is 24.1. The van der Waals surface area contributed by atoms with Gasteiger partial charge in [-0.3, -0.25) is 14.4 Å². The normalized spacial score (nSPS) is 17.9. The maximum absolute atomic E-state index is 12.8. The molecule has 0 unspecified atom stereocenters. The number of carbonyl (C=O) groups excluding carboxylic acids is 3. The number of anilines is 1. The van der Waals surface area contributed by atoms with Gasteiger partial charge in [0.1, 0.15) is 5.25 Å². The van der Waals surface area contributed by atoms with E-state index in [0.29, 0.717) is 17.8 Å². The molecule has 34 heavy (non-hydrogen) atoms. The number of carbonyl (C=O) groups is 3. The Morgan fingerprint density at radius 3 is 2.41 bits per heavy atom. The van der Waals surface area contributed by atoms with Crippen molar-refractivity contribution >= 4 is 40.3 Å². The average molecular weight is 479 g/mol. The fraction of sp³-hybridized carbons (Fsp3) is 0.385. The summed E-state index contributed by atoms with van der Waals surface area (Å²) in [6.45, 7) is 4.39. The van der Waals surface area contributed by atoms with Gasteiger partial charge in [0.2, 0.25) is 5.91 Å². The monoisotopic (exact) mass is 478 g/mol. The molecule has 178 valence electrons. The third-order valence-corrected chi connectivity index (χ3v) is 7.24. The van der Waals surface area contributed by atoms with Crippen LogP contribution in [-0.4, -0.2) is 58.1 Å². The largest absolute Gasteiger partial charge is 0.351 e. The fourth-order valence-corrected chi connectivity index (χ4v) is 5.18. The van der Waals surface area contributed by atoms with Crippen LogP contribution in [0.3, 0.4) is 0 Å². The Labute approximate surface area is 204 Å². The molecule has 4 rings (SSSR count). The van der Waals surface area contributed by atoms with Crippen molar-refractivity contribution < 1.29 is 14.4 Å². The lowest BCUT2D eigenvalue weighted by molar-refractivity contribution is -0.121. The number of hydrogen-bond donors (Lipinski definition) is 1. The van der Waals surface area contributed by atoms with E-state index in [0.717, 1.165) is 36.7 Å². The van der Waals surface area contributed by atoms with Gasteiger partial charge in [-0.1, -0.05) is 41.6 Å². The highest BCUT2D eigenvalue weighted by atomic mass is 32.2. The highest BCUT2D eigenvalue weighted by molar-refractivity contribution is 8.15. The van der Waals surface area contributed by atoms with Crippen molar-refractivity contribution in [1.29, 1.82) is 0 Å². The molecule has 0 saturated carbocycles. The summed E-state index contributed by atoms with van der Waals surface area (Å²) in [4.78, 5) is 45.6. The van der Waals surface area contributed by atoms with Gasteiger partial charge in [0.25, 0.3) is 11.8 Å². The van der Waals surface area contributed by atoms with Gasteiger partial charge in [0, 0.05) is 44.4 Å². The Morgan fingerprint density at radius 1 is 1.06 bits per heavy atom. The van der Waals surface area contributed by atoms with E-state index in [2.05, 4.69) is 15.2 Å². The van der Waals surface area contributed by atoms with E-state index in [4.69, 9.17) is 0 Å². The predicted molar refractivity (Wildman–Crippen MR) is 136 cm³/mol. The summed E-state index contributed by atoms with van der Waals surface area (Å²) in [5.74, 6) is -0.566. The van der Waals surface area contributed by atoms with E-state index < -0.39 is 5.25 Å². The summed E-state index contributed by atoms with van der Waals surface area (Å²) in [5.41, 5.74) is 3.39. The molecule has 2 aliphatic heterocycles. The number of nitrogens with one attached hydrogen (secondary N) is 1. The summed E-state index contributed by atoms with van der Waals surface area (Å²) >= 11 is 1.39. The molecule has 0 spiro atoms. The standard InChI is InChI=1S/C26H30N4O3S/c1-18-6-8-19(9-7-18)17-29(2)25(33)20-10-12-21(13-11-20)27-23(31)16-22-24(32)28-26(34-22)30-14-4-3-5-15-30/h6-13,22H,3-5,14-17H2,1-2H3,(H,27,31)/t22-/m1/s1. The van der Waals surface area contributed by atoms with E-state index in [-0.39, 0.29) is 24.1 Å². The van der Waals surface area contributed by atoms with Crippen molar-refractivity contribution in [3.05, 3.63) is 65.2 Å². The Balaban J connectivity index is 1.27. The Kier molecular flexibility index (Phi) is 7.67. The Morgan fingerprint density at radius 2 is 1.74 bits per heavy atom. The number of nitrogens with zero attached hydrogens (tertiary/aromatic N) is 3. The number of amidine groups is 1. The first-order valence-electron chi connectivity index (χ1n) is 11.6. The molecule has 0 bridgehead atoms. The number of benzene rings is 2. The maximum Gasteiger partial charge on any atom is 0.262 e. The van der Waals surface area contributed by atoms with Gasteiger partial charge in [-0.2, -0.15) is 4.99 Å². The van der Waals surface area contributed by atoms with Crippen LogP contribution in [0.15, 0.2) is 53.5 Å². The van der Waals surface area contributed by atoms with E-state index >= 15 is 0 Å². The van der Waals surface area contributed by atoms with Crippen LogP contribution >= 0.6 is 11.8 Å². The number of piperidine rings is 1. The van der Waals surface area contributed by atoms with E-state index in [1.54, 1.807) is 36.2 Å². The first kappa shape index (κ1) is 24.0. The molecule has 0 aliphatic carbocycles. The molecular formula is C26H30N4O3S. The van der Waals surface area contributed by atoms with Crippen molar-refractivity contribution in [2.24, 2.45) is 4.99 Å². The maximum atomic E-state index is 12.8. The lowest BCUT2D eigenvalue weighted by atomic mass is 10.1. The zero-order valence-corrected chi connectivity index (χ0v) is 20.4. The lowest BCUT2D eigenvalue weighted by Gasteiger charge is -2.27. The third-order valence-electron chi connectivity index (χ3n) is 6.03. The number of likely N-dealkylation sites (tertiary alicyclic amines) is 1. The number of aryl methyl sites for hydroxylation is 1. The van der Waals surface area contributed by atoms with E-state index in [1.807, 2.05) is 31.2 Å². The van der Waals surface area contributed by atoms with Crippen molar-refractivity contribution in [2.45, 2.75) is 44.4 Å². The van der Waals surface area contributed by atoms with Crippen molar-refractivity contribution in [1.82, 2.24) is 9.80 Å². The predicted octanol–water partition coefficient (Wildman–Crippen LogP) is 4.08. The summed E-state index contributed by atoms with van der Waals surface area (Å²) in [6.07, 6.45) is 3.50. The molecule has 1 N–H and O–H groups in total. The second kappa shape index (κ2) is 10.9. The molecule has 7 nitrogen and oxygen atoms in total. The highest BCUT2D eigenvalue weighted by Crippen LogP contribution is 2.29. The number of thioether (sulfide) groups is 1. The summed E-state index contributed by atoms with van der Waals surface area (Å²) in [5, 5.41) is 3.10. The number of hydrogen-bond acceptors (Lipinski definition) is 5. The average Bonchev–Trinajstić information content (AvgIpc) is 3.21. The van der Waals surface area contributed by atoms with Crippen LogP contribution in [-0.2, 0) is 16.1 Å². The Bertz CT molecular complexity index is 1080. The quantitative estimate of drug-likeness (QED) is 0.677. The molecule has 1 atom stereocenters. The SMILES string of the molecule is Cc1ccc(CN(C)C(=O)c2ccc(NC(=O)C[C@H]3SC(N4CCCCC4)=NC3=O)cc2)cc1. The Hall–Kier alpha value is -3.13. The smallest absolute Gasteiger partial charge is 0.262 e. The van der Waals surface area contributed by atoms with Crippen molar-refractivity contribution in [3.8, 4) is 0 Å². The van der Waals surface area contributed by atoms with Gasteiger partial charge in [0.15, 0.2) is 5.17 Å². The van der Waals surface area contributed by atoms with Crippen LogP contribution in [0, 0.1) is 6.92 Å². The molecule has 1 fully saturated rings. The highest BCUT2D eigenvalue weighted by Gasteiger charge is 2.33. The fourth-order valence-electron chi connectivity index (χ4n) is 4.07. The minimum atomic E-state index is -0.479. The van der Waals surface area contributed by atoms with Gasteiger partial charge in [0.05, 0.1) is 0 Å². The first-order valence-corrected chi connectivity index (χ1v) is 12.5. The van der Waals surface area contributed by atoms with Crippen LogP contribution in [0.25, 0.3) is 0 Å². The number of rotatable bonds is 6. The second-order valence-electron chi connectivity index (χ2n) is 8.86. The number of aliphatic imine (C=N–C) groups is 1. The molecule has 3 amide bonds. The minimum Gasteiger partial charge on any atom is -0.351 e. The molecule has 2 aromatic carbocycles. The van der Waals surface area contributed by atoms with E-state index in [1.165, 1.54) is 23.7 Å². The molecule has 0 radical (unpaired) electrons. The molecule has 2 heterocycles.